The van der Waals surface area contributed by atoms with Crippen LogP contribution in [0.4, 0.5) is 32.0 Å². The van der Waals surface area contributed by atoms with Crippen molar-refractivity contribution in [3.8, 4) is 0 Å². The Labute approximate surface area is 177 Å². The number of benzene rings is 1. The predicted molar refractivity (Wildman–Crippen MR) is 101 cm³/mol. The first kappa shape index (κ1) is 21.7. The summed E-state index contributed by atoms with van der Waals surface area (Å²) in [5.41, 5.74) is 0.101. The number of rotatable bonds is 3. The minimum atomic E-state index is -4.47. The van der Waals surface area contributed by atoms with Crippen LogP contribution in [0.1, 0.15) is 35.7 Å². The van der Waals surface area contributed by atoms with E-state index < -0.39 is 24.3 Å². The number of aromatic nitrogens is 4. The Hall–Kier alpha value is -2.56. The molecular weight excluding hydrogens is 448 g/mol. The first-order valence-corrected chi connectivity index (χ1v) is 9.79. The van der Waals surface area contributed by atoms with E-state index >= 15 is 0 Å². The van der Waals surface area contributed by atoms with E-state index in [1.165, 1.54) is 18.3 Å². The average Bonchev–Trinajstić information content (AvgIpc) is 3.10. The number of hydrogen-bond acceptors (Lipinski definition) is 4. The van der Waals surface area contributed by atoms with E-state index in [4.69, 9.17) is 11.6 Å². The summed E-state index contributed by atoms with van der Waals surface area (Å²) in [5.74, 6) is -0.644. The van der Waals surface area contributed by atoms with Crippen molar-refractivity contribution >= 4 is 22.9 Å². The molecule has 0 radical (unpaired) electrons. The van der Waals surface area contributed by atoms with Gasteiger partial charge in [-0.1, -0.05) is 29.8 Å². The molecule has 4 rings (SSSR count). The normalized spacial score (nSPS) is 16.3. The summed E-state index contributed by atoms with van der Waals surface area (Å²) in [6.45, 7) is 0.829. The Morgan fingerprint density at radius 3 is 2.32 bits per heavy atom. The Balaban J connectivity index is 1.54. The number of nitrogens with zero attached hydrogens (tertiary/aromatic N) is 5. The highest BCUT2D eigenvalue weighted by atomic mass is 35.5. The molecule has 0 amide bonds. The van der Waals surface area contributed by atoms with E-state index in [2.05, 4.69) is 15.3 Å². The molecule has 0 spiro atoms. The molecule has 3 aromatic rings. The minimum absolute atomic E-state index is 0.00274. The maximum absolute atomic E-state index is 13.3. The molecule has 1 saturated heterocycles. The van der Waals surface area contributed by atoms with Gasteiger partial charge < -0.3 is 4.90 Å². The fourth-order valence-electron chi connectivity index (χ4n) is 3.91. The molecule has 31 heavy (non-hydrogen) atoms. The number of halogens is 7. The van der Waals surface area contributed by atoms with Crippen LogP contribution in [0.25, 0.3) is 5.65 Å². The quantitative estimate of drug-likeness (QED) is 0.495. The van der Waals surface area contributed by atoms with E-state index in [0.29, 0.717) is 31.6 Å². The summed E-state index contributed by atoms with van der Waals surface area (Å²) in [7, 11) is 0. The molecule has 0 bridgehead atoms. The molecule has 0 N–H and O–H groups in total. The molecule has 5 nitrogen and oxygen atoms in total. The van der Waals surface area contributed by atoms with Crippen molar-refractivity contribution in [3.63, 3.8) is 0 Å². The summed E-state index contributed by atoms with van der Waals surface area (Å²) in [6.07, 6.45) is -7.93. The molecule has 0 atom stereocenters. The lowest BCUT2D eigenvalue weighted by atomic mass is 9.86. The van der Waals surface area contributed by atoms with Gasteiger partial charge in [0.2, 0.25) is 0 Å². The van der Waals surface area contributed by atoms with Crippen LogP contribution in [0.5, 0.6) is 0 Å². The number of hydrogen-bond donors (Lipinski definition) is 0. The van der Waals surface area contributed by atoms with E-state index in [0.717, 1.165) is 10.6 Å². The summed E-state index contributed by atoms with van der Waals surface area (Å²) < 4.78 is 79.0. The van der Waals surface area contributed by atoms with Gasteiger partial charge >= 0.3 is 12.4 Å². The fraction of sp³-hybridized carbons (Fsp3) is 0.421. The predicted octanol–water partition coefficient (Wildman–Crippen LogP) is 5.29. The monoisotopic (exact) mass is 463 g/mol. The molecule has 0 aliphatic carbocycles. The summed E-state index contributed by atoms with van der Waals surface area (Å²) in [5, 5.41) is 11.4. The zero-order valence-corrected chi connectivity index (χ0v) is 16.6. The first-order chi connectivity index (χ1) is 14.5. The van der Waals surface area contributed by atoms with Crippen LogP contribution in [-0.2, 0) is 12.6 Å². The van der Waals surface area contributed by atoms with Crippen LogP contribution >= 0.6 is 11.6 Å². The van der Waals surface area contributed by atoms with Gasteiger partial charge in [0.15, 0.2) is 11.5 Å². The van der Waals surface area contributed by atoms with Gasteiger partial charge in [0, 0.05) is 13.1 Å². The summed E-state index contributed by atoms with van der Waals surface area (Å²) in [6, 6.07) is 5.55. The molecule has 2 aromatic heterocycles. The first-order valence-electron chi connectivity index (χ1n) is 9.41. The lowest BCUT2D eigenvalue weighted by Crippen LogP contribution is -2.34. The summed E-state index contributed by atoms with van der Waals surface area (Å²) >= 11 is 6.36. The number of fused-ring (bicyclic) bond motifs is 1. The molecule has 0 saturated carbocycles. The third kappa shape index (κ3) is 4.41. The zero-order valence-electron chi connectivity index (χ0n) is 15.9. The molecule has 12 heteroatoms. The lowest BCUT2D eigenvalue weighted by molar-refractivity contribution is -0.138. The second-order valence-corrected chi connectivity index (χ2v) is 7.71. The zero-order chi connectivity index (χ0) is 22.4. The highest BCUT2D eigenvalue weighted by Gasteiger charge is 2.36. The van der Waals surface area contributed by atoms with Crippen LogP contribution in [0.3, 0.4) is 0 Å². The van der Waals surface area contributed by atoms with Gasteiger partial charge in [0.1, 0.15) is 11.4 Å². The van der Waals surface area contributed by atoms with Crippen molar-refractivity contribution in [1.29, 1.82) is 0 Å². The number of anilines is 1. The van der Waals surface area contributed by atoms with E-state index in [9.17, 15) is 26.3 Å². The van der Waals surface area contributed by atoms with Crippen LogP contribution in [0.2, 0.25) is 5.02 Å². The maximum atomic E-state index is 13.3. The Morgan fingerprint density at radius 1 is 1.00 bits per heavy atom. The molecule has 3 heterocycles. The topological polar surface area (TPSA) is 46.3 Å². The number of alkyl halides is 6. The van der Waals surface area contributed by atoms with Crippen LogP contribution in [0.15, 0.2) is 30.5 Å². The fourth-order valence-corrected chi connectivity index (χ4v) is 4.19. The third-order valence-electron chi connectivity index (χ3n) is 5.32. The highest BCUT2D eigenvalue weighted by Crippen LogP contribution is 2.40. The standard InChI is InChI=1S/C19H16ClF6N5/c20-16-14(10-27-31-15(9-18(21,22)23)28-29-17(16)31)30-7-5-11(6-8-30)12-3-1-2-4-13(12)19(24,25)26/h1-4,10-11H,5-9H2. The third-order valence-corrected chi connectivity index (χ3v) is 5.68. The van der Waals surface area contributed by atoms with Gasteiger partial charge in [-0.3, -0.25) is 0 Å². The van der Waals surface area contributed by atoms with Gasteiger partial charge in [0.05, 0.1) is 17.4 Å². The minimum Gasteiger partial charge on any atom is -0.369 e. The van der Waals surface area contributed by atoms with Gasteiger partial charge in [0.25, 0.3) is 0 Å². The average molecular weight is 464 g/mol. The van der Waals surface area contributed by atoms with Crippen molar-refractivity contribution in [2.24, 2.45) is 0 Å². The largest absolute Gasteiger partial charge is 0.416 e. The lowest BCUT2D eigenvalue weighted by Gasteiger charge is -2.34. The van der Waals surface area contributed by atoms with Gasteiger partial charge in [-0.15, -0.1) is 10.2 Å². The van der Waals surface area contributed by atoms with Gasteiger partial charge in [-0.2, -0.15) is 36.0 Å². The van der Waals surface area contributed by atoms with E-state index in [1.54, 1.807) is 6.07 Å². The second-order valence-electron chi connectivity index (χ2n) is 7.33. The van der Waals surface area contributed by atoms with Crippen molar-refractivity contribution in [1.82, 2.24) is 19.8 Å². The molecule has 1 aliphatic heterocycles. The van der Waals surface area contributed by atoms with Crippen molar-refractivity contribution in [3.05, 3.63) is 52.4 Å². The Morgan fingerprint density at radius 2 is 1.68 bits per heavy atom. The van der Waals surface area contributed by atoms with Crippen molar-refractivity contribution in [2.75, 3.05) is 18.0 Å². The molecule has 1 aromatic carbocycles. The number of piperidine rings is 1. The molecule has 0 unspecified atom stereocenters. The smallest absolute Gasteiger partial charge is 0.369 e. The summed E-state index contributed by atoms with van der Waals surface area (Å²) in [4.78, 5) is 1.85. The Bertz CT molecular complexity index is 1090. The van der Waals surface area contributed by atoms with Crippen LogP contribution < -0.4 is 4.90 Å². The van der Waals surface area contributed by atoms with E-state index in [1.807, 2.05) is 4.90 Å². The van der Waals surface area contributed by atoms with E-state index in [-0.39, 0.29) is 28.0 Å². The second kappa shape index (κ2) is 7.85. The molecular formula is C19H16ClF6N5. The maximum Gasteiger partial charge on any atom is 0.416 e. The molecule has 1 fully saturated rings. The van der Waals surface area contributed by atoms with Crippen LogP contribution in [-0.4, -0.2) is 39.1 Å². The molecule has 1 aliphatic rings. The SMILES string of the molecule is FC(F)(F)Cc1nnc2c(Cl)c(N3CCC(c4ccccc4C(F)(F)F)CC3)cnn12. The Kier molecular flexibility index (Phi) is 5.48. The van der Waals surface area contributed by atoms with Crippen molar-refractivity contribution in [2.45, 2.75) is 37.5 Å². The van der Waals surface area contributed by atoms with Crippen molar-refractivity contribution < 1.29 is 26.3 Å². The highest BCUT2D eigenvalue weighted by molar-refractivity contribution is 6.36. The molecule has 166 valence electrons. The van der Waals surface area contributed by atoms with Gasteiger partial charge in [-0.25, -0.2) is 0 Å². The van der Waals surface area contributed by atoms with Crippen LogP contribution in [0, 0.1) is 0 Å². The van der Waals surface area contributed by atoms with Gasteiger partial charge in [-0.05, 0) is 30.4 Å².